The number of hydrogen-bond acceptors (Lipinski definition) is 5. The van der Waals surface area contributed by atoms with Gasteiger partial charge in [-0.3, -0.25) is 4.68 Å². The Bertz CT molecular complexity index is 907. The molecule has 9 atom stereocenters. The van der Waals surface area contributed by atoms with Crippen molar-refractivity contribution >= 4 is 0 Å². The van der Waals surface area contributed by atoms with E-state index in [1.807, 2.05) is 14.0 Å². The van der Waals surface area contributed by atoms with Crippen LogP contribution in [0.4, 0.5) is 0 Å². The highest BCUT2D eigenvalue weighted by Crippen LogP contribution is 2.68. The maximum atomic E-state index is 11.3. The van der Waals surface area contributed by atoms with E-state index in [-0.39, 0.29) is 16.7 Å². The van der Waals surface area contributed by atoms with Crippen molar-refractivity contribution in [2.24, 2.45) is 40.4 Å². The Morgan fingerprint density at radius 2 is 2.00 bits per heavy atom. The summed E-state index contributed by atoms with van der Waals surface area (Å²) in [4.78, 5) is 0. The van der Waals surface area contributed by atoms with E-state index in [0.717, 1.165) is 38.7 Å². The molecule has 0 spiro atoms. The summed E-state index contributed by atoms with van der Waals surface area (Å²) in [7, 11) is 1.85. The van der Waals surface area contributed by atoms with Gasteiger partial charge in [0.1, 0.15) is 6.07 Å². The molecule has 0 bridgehead atoms. The van der Waals surface area contributed by atoms with Gasteiger partial charge in [0.15, 0.2) is 0 Å². The maximum absolute atomic E-state index is 11.3. The fourth-order valence-electron chi connectivity index (χ4n) is 9.30. The fraction of sp³-hybridized carbons (Fsp3) is 0.852. The zero-order chi connectivity index (χ0) is 23.4. The average Bonchev–Trinajstić information content (AvgIpc) is 3.37. The van der Waals surface area contributed by atoms with Gasteiger partial charge in [-0.1, -0.05) is 6.92 Å². The summed E-state index contributed by atoms with van der Waals surface area (Å²) in [5.74, 6) is 2.86. The SMILES string of the molecule is COC[C@]12CC[C@@](C)(O)C[C@@H]1CCC1[C@@H]3CC[C@H](C(O)Cn4cc(C#N)cn4)[C@@]3(C)CC[C@@H]12. The molecular weight excluding hydrogens is 414 g/mol. The molecule has 4 saturated carbocycles. The Morgan fingerprint density at radius 1 is 1.18 bits per heavy atom. The summed E-state index contributed by atoms with van der Waals surface area (Å²) in [6.07, 6.45) is 12.9. The first-order chi connectivity index (χ1) is 15.7. The second kappa shape index (κ2) is 8.36. The molecule has 2 unspecified atom stereocenters. The topological polar surface area (TPSA) is 91.3 Å². The number of fused-ring (bicyclic) bond motifs is 5. The summed E-state index contributed by atoms with van der Waals surface area (Å²) < 4.78 is 7.61. The minimum Gasteiger partial charge on any atom is -0.391 e. The van der Waals surface area contributed by atoms with Crippen LogP contribution in [0, 0.1) is 51.8 Å². The quantitative estimate of drug-likeness (QED) is 0.696. The molecule has 0 aliphatic heterocycles. The van der Waals surface area contributed by atoms with E-state index < -0.39 is 11.7 Å². The fourth-order valence-corrected chi connectivity index (χ4v) is 9.30. The van der Waals surface area contributed by atoms with Crippen LogP contribution in [0.5, 0.6) is 0 Å². The Balaban J connectivity index is 1.36. The summed E-state index contributed by atoms with van der Waals surface area (Å²) in [5.41, 5.74) is 0.386. The first kappa shape index (κ1) is 23.3. The van der Waals surface area contributed by atoms with Gasteiger partial charge >= 0.3 is 0 Å². The van der Waals surface area contributed by atoms with Gasteiger partial charge < -0.3 is 14.9 Å². The maximum Gasteiger partial charge on any atom is 0.102 e. The Labute approximate surface area is 198 Å². The molecule has 4 aliphatic carbocycles. The normalized spacial score (nSPS) is 45.5. The molecule has 4 fully saturated rings. The van der Waals surface area contributed by atoms with Gasteiger partial charge in [0.05, 0.1) is 36.6 Å². The molecule has 0 radical (unpaired) electrons. The Hall–Kier alpha value is -1.42. The predicted molar refractivity (Wildman–Crippen MR) is 125 cm³/mol. The summed E-state index contributed by atoms with van der Waals surface area (Å²) in [5, 5.41) is 35.5. The lowest BCUT2D eigenvalue weighted by Gasteiger charge is -2.62. The number of ether oxygens (including phenoxy) is 1. The molecule has 0 aromatic carbocycles. The number of aliphatic hydroxyl groups excluding tert-OH is 1. The highest BCUT2D eigenvalue weighted by atomic mass is 16.5. The van der Waals surface area contributed by atoms with Crippen molar-refractivity contribution in [3.05, 3.63) is 18.0 Å². The summed E-state index contributed by atoms with van der Waals surface area (Å²) in [6.45, 7) is 5.76. The van der Waals surface area contributed by atoms with E-state index in [1.165, 1.54) is 25.7 Å². The van der Waals surface area contributed by atoms with Gasteiger partial charge in [0.25, 0.3) is 0 Å². The molecule has 0 amide bonds. The third kappa shape index (κ3) is 3.75. The van der Waals surface area contributed by atoms with Gasteiger partial charge in [0, 0.05) is 13.3 Å². The molecular formula is C27H41N3O3. The molecule has 33 heavy (non-hydrogen) atoms. The third-order valence-electron chi connectivity index (χ3n) is 10.7. The van der Waals surface area contributed by atoms with Crippen molar-refractivity contribution < 1.29 is 14.9 Å². The molecule has 5 rings (SSSR count). The second-order valence-electron chi connectivity index (χ2n) is 12.4. The number of rotatable bonds is 5. The minimum atomic E-state index is -0.529. The van der Waals surface area contributed by atoms with E-state index in [2.05, 4.69) is 18.1 Å². The number of aromatic nitrogens is 2. The molecule has 182 valence electrons. The molecule has 4 aliphatic rings. The van der Waals surface area contributed by atoms with Crippen LogP contribution in [-0.2, 0) is 11.3 Å². The van der Waals surface area contributed by atoms with Gasteiger partial charge in [-0.2, -0.15) is 10.4 Å². The van der Waals surface area contributed by atoms with Crippen molar-refractivity contribution in [2.75, 3.05) is 13.7 Å². The zero-order valence-electron chi connectivity index (χ0n) is 20.5. The lowest BCUT2D eigenvalue weighted by Crippen LogP contribution is -2.58. The predicted octanol–water partition coefficient (Wildman–Crippen LogP) is 4.15. The van der Waals surface area contributed by atoms with Crippen LogP contribution in [-0.4, -0.2) is 45.4 Å². The number of aliphatic hydroxyl groups is 2. The van der Waals surface area contributed by atoms with Gasteiger partial charge in [-0.05, 0) is 105 Å². The van der Waals surface area contributed by atoms with Crippen LogP contribution < -0.4 is 0 Å². The molecule has 1 aromatic heterocycles. The third-order valence-corrected chi connectivity index (χ3v) is 10.7. The first-order valence-corrected chi connectivity index (χ1v) is 13.0. The van der Waals surface area contributed by atoms with Crippen molar-refractivity contribution in [2.45, 2.75) is 89.9 Å². The molecule has 1 aromatic rings. The largest absolute Gasteiger partial charge is 0.391 e. The lowest BCUT2D eigenvalue weighted by atomic mass is 9.43. The molecule has 6 heteroatoms. The van der Waals surface area contributed by atoms with Gasteiger partial charge in [0.2, 0.25) is 0 Å². The number of methoxy groups -OCH3 is 1. The van der Waals surface area contributed by atoms with Gasteiger partial charge in [-0.15, -0.1) is 0 Å². The van der Waals surface area contributed by atoms with Crippen LogP contribution in [0.15, 0.2) is 12.4 Å². The smallest absolute Gasteiger partial charge is 0.102 e. The van der Waals surface area contributed by atoms with E-state index in [9.17, 15) is 10.2 Å². The Morgan fingerprint density at radius 3 is 2.73 bits per heavy atom. The van der Waals surface area contributed by atoms with Crippen LogP contribution >= 0.6 is 0 Å². The van der Waals surface area contributed by atoms with Crippen LogP contribution in [0.1, 0.15) is 77.2 Å². The number of nitrogens with zero attached hydrogens (tertiary/aromatic N) is 3. The molecule has 2 N–H and O–H groups in total. The van der Waals surface area contributed by atoms with Crippen LogP contribution in [0.25, 0.3) is 0 Å². The second-order valence-corrected chi connectivity index (χ2v) is 12.4. The highest BCUT2D eigenvalue weighted by Gasteiger charge is 2.63. The summed E-state index contributed by atoms with van der Waals surface area (Å²) in [6, 6.07) is 2.12. The van der Waals surface area contributed by atoms with Crippen LogP contribution in [0.3, 0.4) is 0 Å². The lowest BCUT2D eigenvalue weighted by molar-refractivity contribution is -0.177. The van der Waals surface area contributed by atoms with Crippen molar-refractivity contribution in [1.29, 1.82) is 5.26 Å². The zero-order valence-corrected chi connectivity index (χ0v) is 20.5. The van der Waals surface area contributed by atoms with Gasteiger partial charge in [-0.25, -0.2) is 0 Å². The number of nitriles is 1. The summed E-state index contributed by atoms with van der Waals surface area (Å²) >= 11 is 0. The van der Waals surface area contributed by atoms with E-state index in [1.54, 1.807) is 17.1 Å². The van der Waals surface area contributed by atoms with Crippen molar-refractivity contribution in [1.82, 2.24) is 9.78 Å². The average molecular weight is 456 g/mol. The number of hydrogen-bond donors (Lipinski definition) is 2. The molecule has 6 nitrogen and oxygen atoms in total. The monoisotopic (exact) mass is 455 g/mol. The first-order valence-electron chi connectivity index (χ1n) is 13.0. The van der Waals surface area contributed by atoms with E-state index >= 15 is 0 Å². The van der Waals surface area contributed by atoms with Crippen molar-refractivity contribution in [3.8, 4) is 6.07 Å². The Kier molecular flexibility index (Phi) is 5.91. The minimum absolute atomic E-state index is 0.160. The molecule has 1 heterocycles. The van der Waals surface area contributed by atoms with Crippen molar-refractivity contribution in [3.63, 3.8) is 0 Å². The molecule has 0 saturated heterocycles. The highest BCUT2D eigenvalue weighted by molar-refractivity contribution is 5.21. The standard InChI is InChI=1S/C27H41N3O3/c1-25(32)10-11-27(17-33-3)19(12-25)4-5-20-21-6-7-23(26(21,2)9-8-22(20)27)24(31)16-30-15-18(13-28)14-29-30/h14-15,19-24,31-32H,4-12,16-17H2,1-3H3/t19-,20?,21-,22-,23+,24?,25+,26-,27+/m0/s1. The van der Waals surface area contributed by atoms with E-state index in [0.29, 0.717) is 35.8 Å². The van der Waals surface area contributed by atoms with E-state index in [4.69, 9.17) is 10.00 Å². The van der Waals surface area contributed by atoms with Crippen LogP contribution in [0.2, 0.25) is 0 Å².